The monoisotopic (exact) mass is 236 g/mol. The minimum absolute atomic E-state index is 0.211. The largest absolute Gasteiger partial charge is 0.488 e. The lowest BCUT2D eigenvalue weighted by Gasteiger charge is -2.23. The summed E-state index contributed by atoms with van der Waals surface area (Å²) in [6.45, 7) is 0.660. The van der Waals surface area contributed by atoms with Gasteiger partial charge in [0.15, 0.2) is 5.75 Å². The lowest BCUT2D eigenvalue weighted by atomic mass is 9.98. The van der Waals surface area contributed by atoms with Gasteiger partial charge in [-0.05, 0) is 25.7 Å². The molecule has 0 amide bonds. The SMILES string of the molecule is Cn1cc(OCC2CCC3(CCCC3)O2)cn1. The van der Waals surface area contributed by atoms with Gasteiger partial charge in [0.1, 0.15) is 6.61 Å². The Hall–Kier alpha value is -1.03. The highest BCUT2D eigenvalue weighted by atomic mass is 16.6. The van der Waals surface area contributed by atoms with Crippen molar-refractivity contribution in [3.63, 3.8) is 0 Å². The van der Waals surface area contributed by atoms with Gasteiger partial charge in [-0.3, -0.25) is 4.68 Å². The summed E-state index contributed by atoms with van der Waals surface area (Å²) in [5.74, 6) is 0.837. The zero-order chi connectivity index (χ0) is 11.7. The molecular formula is C13H20N2O2. The first-order valence-corrected chi connectivity index (χ1v) is 6.55. The second-order valence-corrected chi connectivity index (χ2v) is 5.33. The maximum Gasteiger partial charge on any atom is 0.157 e. The Labute approximate surface area is 102 Å². The molecule has 0 N–H and O–H groups in total. The molecule has 1 aromatic heterocycles. The predicted octanol–water partition coefficient (Wildman–Crippen LogP) is 2.29. The maximum atomic E-state index is 6.19. The Morgan fingerprint density at radius 2 is 2.29 bits per heavy atom. The molecule has 1 unspecified atom stereocenters. The average Bonchev–Trinajstić information content (AvgIpc) is 3.01. The van der Waals surface area contributed by atoms with Crippen LogP contribution in [0.3, 0.4) is 0 Å². The second kappa shape index (κ2) is 4.33. The van der Waals surface area contributed by atoms with Gasteiger partial charge in [0.05, 0.1) is 24.1 Å². The van der Waals surface area contributed by atoms with Crippen LogP contribution in [0.4, 0.5) is 0 Å². The van der Waals surface area contributed by atoms with Crippen molar-refractivity contribution >= 4 is 0 Å². The van der Waals surface area contributed by atoms with Crippen LogP contribution in [0.2, 0.25) is 0 Å². The molecule has 2 fully saturated rings. The second-order valence-electron chi connectivity index (χ2n) is 5.33. The van der Waals surface area contributed by atoms with Gasteiger partial charge in [-0.15, -0.1) is 0 Å². The molecule has 2 heterocycles. The molecule has 1 saturated carbocycles. The van der Waals surface area contributed by atoms with Crippen molar-refractivity contribution in [2.45, 2.75) is 50.2 Å². The van der Waals surface area contributed by atoms with Crippen LogP contribution in [0, 0.1) is 0 Å². The summed E-state index contributed by atoms with van der Waals surface area (Å²) in [5.41, 5.74) is 0.211. The molecule has 4 heteroatoms. The molecule has 1 aliphatic heterocycles. The maximum absolute atomic E-state index is 6.19. The van der Waals surface area contributed by atoms with Gasteiger partial charge in [0, 0.05) is 7.05 Å². The van der Waals surface area contributed by atoms with Crippen LogP contribution in [-0.4, -0.2) is 28.1 Å². The summed E-state index contributed by atoms with van der Waals surface area (Å²) in [6.07, 6.45) is 11.4. The fraction of sp³-hybridized carbons (Fsp3) is 0.769. The van der Waals surface area contributed by atoms with E-state index in [1.54, 1.807) is 10.9 Å². The highest BCUT2D eigenvalue weighted by molar-refractivity contribution is 5.11. The molecule has 1 spiro atoms. The van der Waals surface area contributed by atoms with Crippen molar-refractivity contribution in [1.82, 2.24) is 9.78 Å². The molecule has 1 saturated heterocycles. The van der Waals surface area contributed by atoms with Crippen LogP contribution in [-0.2, 0) is 11.8 Å². The molecule has 3 rings (SSSR count). The summed E-state index contributed by atoms with van der Waals surface area (Å²) in [5, 5.41) is 4.08. The van der Waals surface area contributed by atoms with Crippen LogP contribution in [0.1, 0.15) is 38.5 Å². The van der Waals surface area contributed by atoms with E-state index in [-0.39, 0.29) is 11.7 Å². The fourth-order valence-electron chi connectivity index (χ4n) is 3.06. The van der Waals surface area contributed by atoms with Crippen molar-refractivity contribution in [3.05, 3.63) is 12.4 Å². The van der Waals surface area contributed by atoms with Crippen molar-refractivity contribution in [2.75, 3.05) is 6.61 Å². The minimum Gasteiger partial charge on any atom is -0.488 e. The van der Waals surface area contributed by atoms with E-state index in [1.807, 2.05) is 13.2 Å². The van der Waals surface area contributed by atoms with Gasteiger partial charge in [0.25, 0.3) is 0 Å². The molecule has 1 atom stereocenters. The smallest absolute Gasteiger partial charge is 0.157 e. The van der Waals surface area contributed by atoms with E-state index in [1.165, 1.54) is 32.1 Å². The quantitative estimate of drug-likeness (QED) is 0.808. The van der Waals surface area contributed by atoms with Gasteiger partial charge in [-0.1, -0.05) is 12.8 Å². The molecule has 0 aromatic carbocycles. The number of hydrogen-bond acceptors (Lipinski definition) is 3. The van der Waals surface area contributed by atoms with E-state index in [0.717, 1.165) is 12.2 Å². The van der Waals surface area contributed by atoms with E-state index < -0.39 is 0 Å². The standard InChI is InChI=1S/C13H20N2O2/c1-15-9-12(8-14-15)16-10-11-4-7-13(17-11)5-2-3-6-13/h8-9,11H,2-7,10H2,1H3. The molecular weight excluding hydrogens is 216 g/mol. The van der Waals surface area contributed by atoms with Crippen molar-refractivity contribution in [2.24, 2.45) is 7.05 Å². The van der Waals surface area contributed by atoms with Gasteiger partial charge in [0.2, 0.25) is 0 Å². The van der Waals surface area contributed by atoms with Crippen molar-refractivity contribution in [1.29, 1.82) is 0 Å². The molecule has 94 valence electrons. The number of aryl methyl sites for hydroxylation is 1. The van der Waals surface area contributed by atoms with E-state index in [0.29, 0.717) is 6.61 Å². The first-order valence-electron chi connectivity index (χ1n) is 6.55. The third kappa shape index (κ3) is 2.32. The molecule has 0 radical (unpaired) electrons. The van der Waals surface area contributed by atoms with Crippen LogP contribution in [0.5, 0.6) is 5.75 Å². The Balaban J connectivity index is 1.50. The molecule has 4 nitrogen and oxygen atoms in total. The summed E-state index contributed by atoms with van der Waals surface area (Å²) < 4.78 is 13.6. The highest BCUT2D eigenvalue weighted by Gasteiger charge is 2.42. The Bertz CT molecular complexity index is 383. The first-order chi connectivity index (χ1) is 8.26. The third-order valence-electron chi connectivity index (χ3n) is 3.97. The van der Waals surface area contributed by atoms with E-state index >= 15 is 0 Å². The lowest BCUT2D eigenvalue weighted by Crippen LogP contribution is -2.27. The van der Waals surface area contributed by atoms with E-state index in [9.17, 15) is 0 Å². The molecule has 1 aromatic rings. The zero-order valence-corrected chi connectivity index (χ0v) is 10.4. The summed E-state index contributed by atoms with van der Waals surface area (Å²) in [6, 6.07) is 0. The van der Waals surface area contributed by atoms with E-state index in [4.69, 9.17) is 9.47 Å². The summed E-state index contributed by atoms with van der Waals surface area (Å²) in [4.78, 5) is 0. The lowest BCUT2D eigenvalue weighted by molar-refractivity contribution is -0.0508. The molecule has 1 aliphatic carbocycles. The number of hydrogen-bond donors (Lipinski definition) is 0. The van der Waals surface area contributed by atoms with Crippen LogP contribution < -0.4 is 4.74 Å². The predicted molar refractivity (Wildman–Crippen MR) is 64.0 cm³/mol. The fourth-order valence-corrected chi connectivity index (χ4v) is 3.06. The Morgan fingerprint density at radius 1 is 1.47 bits per heavy atom. The Kier molecular flexibility index (Phi) is 2.82. The highest BCUT2D eigenvalue weighted by Crippen LogP contribution is 2.43. The number of nitrogens with zero attached hydrogens (tertiary/aromatic N) is 2. The van der Waals surface area contributed by atoms with Gasteiger partial charge >= 0.3 is 0 Å². The molecule has 0 bridgehead atoms. The average molecular weight is 236 g/mol. The number of rotatable bonds is 3. The summed E-state index contributed by atoms with van der Waals surface area (Å²) in [7, 11) is 1.90. The normalized spacial score (nSPS) is 26.8. The van der Waals surface area contributed by atoms with Crippen molar-refractivity contribution < 1.29 is 9.47 Å². The van der Waals surface area contributed by atoms with Crippen molar-refractivity contribution in [3.8, 4) is 5.75 Å². The number of ether oxygens (including phenoxy) is 2. The summed E-state index contributed by atoms with van der Waals surface area (Å²) >= 11 is 0. The topological polar surface area (TPSA) is 36.3 Å². The third-order valence-corrected chi connectivity index (χ3v) is 3.97. The van der Waals surface area contributed by atoms with Crippen LogP contribution in [0.25, 0.3) is 0 Å². The first kappa shape index (κ1) is 11.1. The van der Waals surface area contributed by atoms with Crippen LogP contribution in [0.15, 0.2) is 12.4 Å². The van der Waals surface area contributed by atoms with Gasteiger partial charge in [-0.2, -0.15) is 5.10 Å². The van der Waals surface area contributed by atoms with Gasteiger partial charge in [-0.25, -0.2) is 0 Å². The van der Waals surface area contributed by atoms with Gasteiger partial charge < -0.3 is 9.47 Å². The molecule has 2 aliphatic rings. The Morgan fingerprint density at radius 3 is 3.00 bits per heavy atom. The number of aromatic nitrogens is 2. The van der Waals surface area contributed by atoms with Crippen LogP contribution >= 0.6 is 0 Å². The van der Waals surface area contributed by atoms with E-state index in [2.05, 4.69) is 5.10 Å². The zero-order valence-electron chi connectivity index (χ0n) is 10.4. The minimum atomic E-state index is 0.211. The molecule has 17 heavy (non-hydrogen) atoms.